The number of nitrogens with zero attached hydrogens (tertiary/aromatic N) is 2. The van der Waals surface area contributed by atoms with Gasteiger partial charge in [0.1, 0.15) is 18.4 Å². The summed E-state index contributed by atoms with van der Waals surface area (Å²) in [6.45, 7) is 6.44. The Balaban J connectivity index is 2.41. The van der Waals surface area contributed by atoms with Crippen LogP contribution in [0.15, 0.2) is 48.5 Å². The molecule has 0 aromatic heterocycles. The van der Waals surface area contributed by atoms with E-state index in [9.17, 15) is 22.4 Å². The second kappa shape index (κ2) is 10.5. The van der Waals surface area contributed by atoms with Gasteiger partial charge >= 0.3 is 0 Å². The van der Waals surface area contributed by atoms with Crippen molar-refractivity contribution in [2.75, 3.05) is 17.1 Å². The van der Waals surface area contributed by atoms with Crippen LogP contribution in [0.1, 0.15) is 33.3 Å². The van der Waals surface area contributed by atoms with E-state index in [2.05, 4.69) is 5.32 Å². The fourth-order valence-electron chi connectivity index (χ4n) is 3.13. The van der Waals surface area contributed by atoms with Crippen LogP contribution in [-0.4, -0.2) is 49.5 Å². The minimum atomic E-state index is -3.92. The first-order chi connectivity index (χ1) is 15.2. The van der Waals surface area contributed by atoms with E-state index in [0.29, 0.717) is 10.6 Å². The lowest BCUT2D eigenvalue weighted by Gasteiger charge is -2.33. The Labute approximate surface area is 199 Å². The summed E-state index contributed by atoms with van der Waals surface area (Å²) < 4.78 is 39.4. The number of hydrogen-bond acceptors (Lipinski definition) is 4. The van der Waals surface area contributed by atoms with E-state index in [1.54, 1.807) is 31.2 Å². The molecule has 180 valence electrons. The first-order valence-electron chi connectivity index (χ1n) is 10.3. The fraction of sp³-hybridized carbons (Fsp3) is 0.391. The van der Waals surface area contributed by atoms with Crippen molar-refractivity contribution < 1.29 is 22.4 Å². The maximum absolute atomic E-state index is 13.7. The largest absolute Gasteiger partial charge is 0.350 e. The van der Waals surface area contributed by atoms with Gasteiger partial charge in [0.15, 0.2) is 0 Å². The Morgan fingerprint density at radius 2 is 1.76 bits per heavy atom. The maximum Gasteiger partial charge on any atom is 0.244 e. The minimum Gasteiger partial charge on any atom is -0.350 e. The second-order valence-corrected chi connectivity index (χ2v) is 11.2. The summed E-state index contributed by atoms with van der Waals surface area (Å²) in [4.78, 5) is 27.5. The highest BCUT2D eigenvalue weighted by Gasteiger charge is 2.31. The van der Waals surface area contributed by atoms with Crippen molar-refractivity contribution in [1.82, 2.24) is 10.2 Å². The van der Waals surface area contributed by atoms with Gasteiger partial charge in [0.25, 0.3) is 0 Å². The van der Waals surface area contributed by atoms with Gasteiger partial charge in [0.2, 0.25) is 21.8 Å². The van der Waals surface area contributed by atoms with Crippen molar-refractivity contribution in [3.8, 4) is 0 Å². The highest BCUT2D eigenvalue weighted by Crippen LogP contribution is 2.21. The number of carbonyl (C=O) groups is 2. The average molecular weight is 498 g/mol. The maximum atomic E-state index is 13.7. The molecule has 0 heterocycles. The molecule has 2 rings (SSSR count). The third-order valence-electron chi connectivity index (χ3n) is 4.68. The van der Waals surface area contributed by atoms with Crippen LogP contribution >= 0.6 is 11.6 Å². The van der Waals surface area contributed by atoms with Gasteiger partial charge < -0.3 is 10.2 Å². The third-order valence-corrected chi connectivity index (χ3v) is 6.06. The molecule has 2 aromatic carbocycles. The number of rotatable bonds is 8. The highest BCUT2D eigenvalue weighted by molar-refractivity contribution is 7.92. The van der Waals surface area contributed by atoms with Gasteiger partial charge in [-0.3, -0.25) is 13.9 Å². The molecule has 0 fully saturated rings. The number of nitrogens with one attached hydrogen (secondary N) is 1. The standard InChI is InChI=1S/C23H29ClFN3O4S/c1-16(22(30)26-23(2,3)4)27(14-17-8-6-9-18(24)12-17)21(29)15-28(33(5,31)32)20-11-7-10-19(25)13-20/h6-13,16H,14-15H2,1-5H3,(H,26,30). The van der Waals surface area contributed by atoms with Crippen LogP contribution in [0.4, 0.5) is 10.1 Å². The van der Waals surface area contributed by atoms with Crippen LogP contribution in [0, 0.1) is 5.82 Å². The summed E-state index contributed by atoms with van der Waals surface area (Å²) in [5.41, 5.74) is 0.152. The van der Waals surface area contributed by atoms with Gasteiger partial charge in [-0.2, -0.15) is 0 Å². The van der Waals surface area contributed by atoms with Crippen molar-refractivity contribution in [2.24, 2.45) is 0 Å². The average Bonchev–Trinajstić information content (AvgIpc) is 2.67. The summed E-state index contributed by atoms with van der Waals surface area (Å²) in [6, 6.07) is 10.9. The Hall–Kier alpha value is -2.65. The Kier molecular flexibility index (Phi) is 8.48. The van der Waals surface area contributed by atoms with Crippen LogP contribution in [0.3, 0.4) is 0 Å². The zero-order chi connectivity index (χ0) is 25.0. The molecule has 1 N–H and O–H groups in total. The van der Waals surface area contributed by atoms with Gasteiger partial charge in [-0.25, -0.2) is 12.8 Å². The number of amides is 2. The van der Waals surface area contributed by atoms with E-state index < -0.39 is 45.8 Å². The molecule has 2 amide bonds. The minimum absolute atomic E-state index is 0.0142. The van der Waals surface area contributed by atoms with E-state index in [-0.39, 0.29) is 12.2 Å². The summed E-state index contributed by atoms with van der Waals surface area (Å²) in [5, 5.41) is 3.30. The SMILES string of the molecule is CC(C(=O)NC(C)(C)C)N(Cc1cccc(Cl)c1)C(=O)CN(c1cccc(F)c1)S(C)(=O)=O. The Morgan fingerprint density at radius 1 is 1.12 bits per heavy atom. The van der Waals surface area contributed by atoms with E-state index >= 15 is 0 Å². The predicted molar refractivity (Wildman–Crippen MR) is 128 cm³/mol. The highest BCUT2D eigenvalue weighted by atomic mass is 35.5. The van der Waals surface area contributed by atoms with E-state index in [1.165, 1.54) is 23.1 Å². The van der Waals surface area contributed by atoms with Gasteiger partial charge in [-0.05, 0) is 63.6 Å². The molecule has 7 nitrogen and oxygen atoms in total. The first-order valence-corrected chi connectivity index (χ1v) is 12.5. The number of benzene rings is 2. The van der Waals surface area contributed by atoms with Crippen molar-refractivity contribution in [3.05, 3.63) is 64.9 Å². The smallest absolute Gasteiger partial charge is 0.244 e. The molecule has 0 bridgehead atoms. The summed E-state index contributed by atoms with van der Waals surface area (Å²) >= 11 is 6.07. The van der Waals surface area contributed by atoms with Crippen LogP contribution < -0.4 is 9.62 Å². The number of hydrogen-bond donors (Lipinski definition) is 1. The molecule has 0 radical (unpaired) electrons. The lowest BCUT2D eigenvalue weighted by Crippen LogP contribution is -2.54. The molecular formula is C23H29ClFN3O4S. The van der Waals surface area contributed by atoms with Crippen molar-refractivity contribution >= 4 is 39.1 Å². The molecular weight excluding hydrogens is 469 g/mol. The molecule has 0 saturated heterocycles. The molecule has 0 saturated carbocycles. The number of carbonyl (C=O) groups excluding carboxylic acids is 2. The first kappa shape index (κ1) is 26.6. The van der Waals surface area contributed by atoms with Gasteiger partial charge in [-0.1, -0.05) is 29.8 Å². The predicted octanol–water partition coefficient (Wildman–Crippen LogP) is 3.58. The molecule has 1 atom stereocenters. The van der Waals surface area contributed by atoms with Crippen molar-refractivity contribution in [1.29, 1.82) is 0 Å². The van der Waals surface area contributed by atoms with Crippen molar-refractivity contribution in [2.45, 2.75) is 45.8 Å². The molecule has 1 unspecified atom stereocenters. The monoisotopic (exact) mass is 497 g/mol. The summed E-state index contributed by atoms with van der Waals surface area (Å²) in [5.74, 6) is -1.65. The molecule has 2 aromatic rings. The lowest BCUT2D eigenvalue weighted by atomic mass is 10.1. The second-order valence-electron chi connectivity index (χ2n) is 8.82. The van der Waals surface area contributed by atoms with Crippen LogP contribution in [0.2, 0.25) is 5.02 Å². The van der Waals surface area contributed by atoms with Gasteiger partial charge in [0, 0.05) is 17.1 Å². The number of halogens is 2. The fourth-order valence-corrected chi connectivity index (χ4v) is 4.19. The molecule has 0 aliphatic heterocycles. The van der Waals surface area contributed by atoms with E-state index in [4.69, 9.17) is 11.6 Å². The molecule has 0 aliphatic carbocycles. The zero-order valence-electron chi connectivity index (χ0n) is 19.3. The number of sulfonamides is 1. The Bertz CT molecular complexity index is 1120. The van der Waals surface area contributed by atoms with Crippen molar-refractivity contribution in [3.63, 3.8) is 0 Å². The topological polar surface area (TPSA) is 86.8 Å². The third kappa shape index (κ3) is 8.01. The molecule has 33 heavy (non-hydrogen) atoms. The normalized spacial score (nSPS) is 12.7. The molecule has 0 aliphatic rings. The van der Waals surface area contributed by atoms with Crippen LogP contribution in [0.5, 0.6) is 0 Å². The van der Waals surface area contributed by atoms with Crippen LogP contribution in [-0.2, 0) is 26.2 Å². The lowest BCUT2D eigenvalue weighted by molar-refractivity contribution is -0.140. The quantitative estimate of drug-likeness (QED) is 0.604. The van der Waals surface area contributed by atoms with Crippen LogP contribution in [0.25, 0.3) is 0 Å². The van der Waals surface area contributed by atoms with E-state index in [1.807, 2.05) is 20.8 Å². The number of anilines is 1. The van der Waals surface area contributed by atoms with Gasteiger partial charge in [-0.15, -0.1) is 0 Å². The molecule has 10 heteroatoms. The summed E-state index contributed by atoms with van der Waals surface area (Å²) in [6.07, 6.45) is 0.933. The zero-order valence-corrected chi connectivity index (χ0v) is 20.9. The Morgan fingerprint density at radius 3 is 2.30 bits per heavy atom. The van der Waals surface area contributed by atoms with E-state index in [0.717, 1.165) is 16.6 Å². The summed E-state index contributed by atoms with van der Waals surface area (Å²) in [7, 11) is -3.92. The molecule has 0 spiro atoms. The van der Waals surface area contributed by atoms with Gasteiger partial charge in [0.05, 0.1) is 11.9 Å².